The van der Waals surface area contributed by atoms with Gasteiger partial charge < -0.3 is 0 Å². The Morgan fingerprint density at radius 1 is 1.22 bits per heavy atom. The van der Waals surface area contributed by atoms with Crippen molar-refractivity contribution >= 4 is 17.4 Å². The van der Waals surface area contributed by atoms with Crippen LogP contribution in [0.25, 0.3) is 0 Å². The average molecular weight is 263 g/mol. The van der Waals surface area contributed by atoms with Crippen molar-refractivity contribution < 1.29 is 9.18 Å². The minimum absolute atomic E-state index is 0.0326. The summed E-state index contributed by atoms with van der Waals surface area (Å²) in [7, 11) is 0. The Morgan fingerprint density at radius 2 is 1.94 bits per heavy atom. The van der Waals surface area contributed by atoms with E-state index in [0.717, 1.165) is 12.0 Å². The number of rotatable bonds is 3. The standard InChI is InChI=1S/C15H12ClFO/c1-2-10-5-3-4-6-12(10)15(18)11-7-8-14(17)13(16)9-11/h3-9H,2H2,1H3. The molecule has 2 rings (SSSR count). The molecule has 0 atom stereocenters. The molecule has 0 fully saturated rings. The molecule has 1 nitrogen and oxygen atoms in total. The van der Waals surface area contributed by atoms with E-state index >= 15 is 0 Å². The summed E-state index contributed by atoms with van der Waals surface area (Å²) in [5.74, 6) is -0.647. The minimum Gasteiger partial charge on any atom is -0.289 e. The van der Waals surface area contributed by atoms with E-state index in [2.05, 4.69) is 0 Å². The Balaban J connectivity index is 2.44. The van der Waals surface area contributed by atoms with Crippen LogP contribution in [0.3, 0.4) is 0 Å². The van der Waals surface area contributed by atoms with Crippen LogP contribution in [0.15, 0.2) is 42.5 Å². The predicted octanol–water partition coefficient (Wildman–Crippen LogP) is 4.27. The summed E-state index contributed by atoms with van der Waals surface area (Å²) in [6.07, 6.45) is 0.775. The monoisotopic (exact) mass is 262 g/mol. The second-order valence-electron chi connectivity index (χ2n) is 3.97. The number of benzene rings is 2. The molecular formula is C15H12ClFO. The van der Waals surface area contributed by atoms with E-state index in [1.54, 1.807) is 6.07 Å². The molecule has 0 bridgehead atoms. The van der Waals surface area contributed by atoms with Gasteiger partial charge in [0.2, 0.25) is 0 Å². The number of hydrogen-bond donors (Lipinski definition) is 0. The largest absolute Gasteiger partial charge is 0.289 e. The van der Waals surface area contributed by atoms with Crippen LogP contribution in [0.5, 0.6) is 0 Å². The van der Waals surface area contributed by atoms with Crippen molar-refractivity contribution in [1.82, 2.24) is 0 Å². The maximum absolute atomic E-state index is 13.1. The van der Waals surface area contributed by atoms with Gasteiger partial charge in [-0.2, -0.15) is 0 Å². The zero-order chi connectivity index (χ0) is 13.1. The molecule has 0 radical (unpaired) electrons. The molecule has 0 aromatic heterocycles. The first kappa shape index (κ1) is 12.8. The van der Waals surface area contributed by atoms with Gasteiger partial charge in [0, 0.05) is 11.1 Å². The molecule has 0 spiro atoms. The number of carbonyl (C=O) groups is 1. The normalized spacial score (nSPS) is 10.4. The van der Waals surface area contributed by atoms with Gasteiger partial charge >= 0.3 is 0 Å². The van der Waals surface area contributed by atoms with Crippen LogP contribution >= 0.6 is 11.6 Å². The number of aryl methyl sites for hydroxylation is 1. The Kier molecular flexibility index (Phi) is 3.78. The van der Waals surface area contributed by atoms with Gasteiger partial charge in [0.05, 0.1) is 5.02 Å². The van der Waals surface area contributed by atoms with Gasteiger partial charge in [-0.15, -0.1) is 0 Å². The number of carbonyl (C=O) groups excluding carboxylic acids is 1. The van der Waals surface area contributed by atoms with Crippen molar-refractivity contribution in [2.45, 2.75) is 13.3 Å². The Labute approximate surface area is 110 Å². The molecule has 18 heavy (non-hydrogen) atoms. The summed E-state index contributed by atoms with van der Waals surface area (Å²) in [6.45, 7) is 1.99. The summed E-state index contributed by atoms with van der Waals surface area (Å²) < 4.78 is 13.1. The van der Waals surface area contributed by atoms with Gasteiger partial charge in [0.1, 0.15) is 5.82 Å². The van der Waals surface area contributed by atoms with Crippen LogP contribution < -0.4 is 0 Å². The fraction of sp³-hybridized carbons (Fsp3) is 0.133. The van der Waals surface area contributed by atoms with Crippen LogP contribution in [-0.2, 0) is 6.42 Å². The first-order chi connectivity index (χ1) is 8.63. The lowest BCUT2D eigenvalue weighted by atomic mass is 9.97. The molecule has 92 valence electrons. The highest BCUT2D eigenvalue weighted by atomic mass is 35.5. The first-order valence-corrected chi connectivity index (χ1v) is 6.09. The summed E-state index contributed by atoms with van der Waals surface area (Å²) in [4.78, 5) is 12.3. The van der Waals surface area contributed by atoms with Crippen LogP contribution in [0.1, 0.15) is 28.4 Å². The zero-order valence-corrected chi connectivity index (χ0v) is 10.7. The molecule has 0 aliphatic rings. The fourth-order valence-corrected chi connectivity index (χ4v) is 2.02. The topological polar surface area (TPSA) is 17.1 Å². The van der Waals surface area contributed by atoms with E-state index in [4.69, 9.17) is 11.6 Å². The molecule has 0 N–H and O–H groups in total. The molecule has 0 aliphatic carbocycles. The average Bonchev–Trinajstić information content (AvgIpc) is 2.41. The second kappa shape index (κ2) is 5.32. The molecule has 2 aromatic rings. The molecular weight excluding hydrogens is 251 g/mol. The van der Waals surface area contributed by atoms with E-state index in [0.29, 0.717) is 11.1 Å². The van der Waals surface area contributed by atoms with Crippen LogP contribution in [-0.4, -0.2) is 5.78 Å². The van der Waals surface area contributed by atoms with Crippen molar-refractivity contribution in [3.05, 3.63) is 70.0 Å². The zero-order valence-electron chi connectivity index (χ0n) is 9.91. The van der Waals surface area contributed by atoms with Crippen molar-refractivity contribution in [2.24, 2.45) is 0 Å². The molecule has 2 aromatic carbocycles. The molecule has 0 saturated carbocycles. The Hall–Kier alpha value is -1.67. The third-order valence-corrected chi connectivity index (χ3v) is 3.11. The number of halogens is 2. The predicted molar refractivity (Wildman–Crippen MR) is 70.7 cm³/mol. The molecule has 3 heteroatoms. The molecule has 0 amide bonds. The molecule has 0 aliphatic heterocycles. The maximum atomic E-state index is 13.1. The van der Waals surface area contributed by atoms with Crippen LogP contribution in [0.2, 0.25) is 5.02 Å². The second-order valence-corrected chi connectivity index (χ2v) is 4.38. The van der Waals surface area contributed by atoms with Gasteiger partial charge in [-0.1, -0.05) is 42.8 Å². The van der Waals surface area contributed by atoms with Gasteiger partial charge in [0.25, 0.3) is 0 Å². The van der Waals surface area contributed by atoms with Crippen LogP contribution in [0.4, 0.5) is 4.39 Å². The molecule has 0 heterocycles. The third kappa shape index (κ3) is 2.44. The van der Waals surface area contributed by atoms with Gasteiger partial charge in [-0.3, -0.25) is 4.79 Å². The van der Waals surface area contributed by atoms with Crippen molar-refractivity contribution in [3.8, 4) is 0 Å². The highest BCUT2D eigenvalue weighted by molar-refractivity contribution is 6.31. The van der Waals surface area contributed by atoms with Crippen LogP contribution in [0, 0.1) is 5.82 Å². The molecule has 0 saturated heterocycles. The summed E-state index contributed by atoms with van der Waals surface area (Å²) in [5.41, 5.74) is 2.02. The van der Waals surface area contributed by atoms with Gasteiger partial charge in [-0.05, 0) is 30.2 Å². The highest BCUT2D eigenvalue weighted by Gasteiger charge is 2.13. The number of hydrogen-bond acceptors (Lipinski definition) is 1. The Bertz CT molecular complexity index is 593. The SMILES string of the molecule is CCc1ccccc1C(=O)c1ccc(F)c(Cl)c1. The van der Waals surface area contributed by atoms with E-state index < -0.39 is 5.82 Å². The number of ketones is 1. The highest BCUT2D eigenvalue weighted by Crippen LogP contribution is 2.20. The third-order valence-electron chi connectivity index (χ3n) is 2.82. The van der Waals surface area contributed by atoms with Crippen molar-refractivity contribution in [3.63, 3.8) is 0 Å². The van der Waals surface area contributed by atoms with Gasteiger partial charge in [-0.25, -0.2) is 4.39 Å². The molecule has 0 unspecified atom stereocenters. The van der Waals surface area contributed by atoms with E-state index in [-0.39, 0.29) is 10.8 Å². The quantitative estimate of drug-likeness (QED) is 0.755. The fourth-order valence-electron chi connectivity index (χ4n) is 1.84. The van der Waals surface area contributed by atoms with Gasteiger partial charge in [0.15, 0.2) is 5.78 Å². The first-order valence-electron chi connectivity index (χ1n) is 5.71. The van der Waals surface area contributed by atoms with E-state index in [1.165, 1.54) is 18.2 Å². The van der Waals surface area contributed by atoms with E-state index in [1.807, 2.05) is 25.1 Å². The lowest BCUT2D eigenvalue weighted by Crippen LogP contribution is -2.05. The summed E-state index contributed by atoms with van der Waals surface area (Å²) >= 11 is 5.69. The lowest BCUT2D eigenvalue weighted by molar-refractivity contribution is 0.103. The Morgan fingerprint density at radius 3 is 2.61 bits per heavy atom. The smallest absolute Gasteiger partial charge is 0.193 e. The minimum atomic E-state index is -0.517. The maximum Gasteiger partial charge on any atom is 0.193 e. The van der Waals surface area contributed by atoms with Crippen molar-refractivity contribution in [1.29, 1.82) is 0 Å². The summed E-state index contributed by atoms with van der Waals surface area (Å²) in [6, 6.07) is 11.4. The summed E-state index contributed by atoms with van der Waals surface area (Å²) in [5, 5.41) is -0.0326. The van der Waals surface area contributed by atoms with E-state index in [9.17, 15) is 9.18 Å². The lowest BCUT2D eigenvalue weighted by Gasteiger charge is -2.07. The van der Waals surface area contributed by atoms with Crippen molar-refractivity contribution in [2.75, 3.05) is 0 Å².